The highest BCUT2D eigenvalue weighted by Crippen LogP contribution is 2.34. The number of carboxylic acids is 1. The number of nitrogens with two attached hydrogens (primary N) is 1. The van der Waals surface area contributed by atoms with E-state index in [9.17, 15) is 9.59 Å². The van der Waals surface area contributed by atoms with Gasteiger partial charge in [-0.3, -0.25) is 9.59 Å². The monoisotopic (exact) mass is 238 g/mol. The molecule has 3 atom stereocenters. The molecule has 2 aliphatic rings. The van der Waals surface area contributed by atoms with Crippen LogP contribution in [0.15, 0.2) is 12.2 Å². The highest BCUT2D eigenvalue weighted by atomic mass is 16.4. The molecule has 5 heteroatoms. The number of hydrogen-bond acceptors (Lipinski definition) is 3. The van der Waals surface area contributed by atoms with Crippen LogP contribution in [0.5, 0.6) is 0 Å². The lowest BCUT2D eigenvalue weighted by Crippen LogP contribution is -2.41. The molecule has 5 nitrogen and oxygen atoms in total. The number of aliphatic carboxylic acids is 1. The van der Waals surface area contributed by atoms with Gasteiger partial charge < -0.3 is 16.2 Å². The Hall–Kier alpha value is -1.36. The predicted octanol–water partition coefficient (Wildman–Crippen LogP) is 0.259. The number of amides is 1. The summed E-state index contributed by atoms with van der Waals surface area (Å²) in [5.74, 6) is -0.803. The van der Waals surface area contributed by atoms with Crippen molar-refractivity contribution in [3.8, 4) is 0 Å². The Morgan fingerprint density at radius 1 is 1.41 bits per heavy atom. The van der Waals surface area contributed by atoms with E-state index in [-0.39, 0.29) is 30.3 Å². The van der Waals surface area contributed by atoms with E-state index in [0.29, 0.717) is 12.3 Å². The Balaban J connectivity index is 1.87. The van der Waals surface area contributed by atoms with Gasteiger partial charge in [-0.25, -0.2) is 0 Å². The molecule has 1 amide bonds. The second-order valence-corrected chi connectivity index (χ2v) is 4.94. The van der Waals surface area contributed by atoms with Crippen molar-refractivity contribution in [3.63, 3.8) is 0 Å². The van der Waals surface area contributed by atoms with Crippen LogP contribution < -0.4 is 11.1 Å². The summed E-state index contributed by atoms with van der Waals surface area (Å²) < 4.78 is 0. The van der Waals surface area contributed by atoms with Gasteiger partial charge in [0.05, 0.1) is 12.3 Å². The van der Waals surface area contributed by atoms with Gasteiger partial charge in [0.1, 0.15) is 0 Å². The average molecular weight is 238 g/mol. The Labute approximate surface area is 100 Å². The molecule has 2 aliphatic carbocycles. The van der Waals surface area contributed by atoms with Crippen molar-refractivity contribution in [1.29, 1.82) is 0 Å². The largest absolute Gasteiger partial charge is 0.481 e. The lowest BCUT2D eigenvalue weighted by Gasteiger charge is -2.18. The van der Waals surface area contributed by atoms with Gasteiger partial charge in [0.15, 0.2) is 0 Å². The van der Waals surface area contributed by atoms with Crippen LogP contribution in [0.1, 0.15) is 25.7 Å². The molecule has 0 heterocycles. The molecule has 0 spiro atoms. The Morgan fingerprint density at radius 2 is 2.12 bits per heavy atom. The Bertz CT molecular complexity index is 350. The first kappa shape index (κ1) is 12.1. The number of hydrogen-bond donors (Lipinski definition) is 3. The SMILES string of the molecule is NC1C=CC(C(=O)NC(CC(=O)O)C2CC2)C1. The minimum atomic E-state index is -0.860. The number of rotatable bonds is 5. The van der Waals surface area contributed by atoms with Gasteiger partial charge in [-0.05, 0) is 25.2 Å². The smallest absolute Gasteiger partial charge is 0.305 e. The van der Waals surface area contributed by atoms with Gasteiger partial charge in [-0.2, -0.15) is 0 Å². The molecule has 4 N–H and O–H groups in total. The third-order valence-corrected chi connectivity index (χ3v) is 3.37. The topological polar surface area (TPSA) is 92.4 Å². The summed E-state index contributed by atoms with van der Waals surface area (Å²) in [5, 5.41) is 11.6. The number of carbonyl (C=O) groups is 2. The molecule has 0 aromatic carbocycles. The zero-order valence-electron chi connectivity index (χ0n) is 9.63. The number of carbonyl (C=O) groups excluding carboxylic acids is 1. The van der Waals surface area contributed by atoms with Gasteiger partial charge >= 0.3 is 5.97 Å². The first-order valence-electron chi connectivity index (χ1n) is 6.02. The number of carboxylic acid groups (broad SMARTS) is 1. The lowest BCUT2D eigenvalue weighted by atomic mass is 10.0. The Kier molecular flexibility index (Phi) is 3.47. The van der Waals surface area contributed by atoms with Gasteiger partial charge in [0, 0.05) is 12.1 Å². The van der Waals surface area contributed by atoms with Crippen molar-refractivity contribution in [2.75, 3.05) is 0 Å². The molecule has 94 valence electrons. The third-order valence-electron chi connectivity index (χ3n) is 3.37. The zero-order valence-corrected chi connectivity index (χ0v) is 9.63. The standard InChI is InChI=1S/C12H18N2O3/c13-9-4-3-8(5-9)12(17)14-10(6-11(15)16)7-1-2-7/h3-4,7-10H,1-2,5-6,13H2,(H,14,17)(H,15,16). The normalized spacial score (nSPS) is 29.0. The van der Waals surface area contributed by atoms with Crippen molar-refractivity contribution in [1.82, 2.24) is 5.32 Å². The van der Waals surface area contributed by atoms with Crippen LogP contribution in [0.2, 0.25) is 0 Å². The van der Waals surface area contributed by atoms with Crippen LogP contribution in [0, 0.1) is 11.8 Å². The second kappa shape index (κ2) is 4.87. The van der Waals surface area contributed by atoms with Crippen LogP contribution in [0.3, 0.4) is 0 Å². The third kappa shape index (κ3) is 3.30. The molecule has 1 fully saturated rings. The maximum absolute atomic E-state index is 11.9. The van der Waals surface area contributed by atoms with E-state index in [1.807, 2.05) is 12.2 Å². The fourth-order valence-electron chi connectivity index (χ4n) is 2.23. The van der Waals surface area contributed by atoms with E-state index in [2.05, 4.69) is 5.32 Å². The van der Waals surface area contributed by atoms with Gasteiger partial charge in [-0.15, -0.1) is 0 Å². The minimum Gasteiger partial charge on any atom is -0.481 e. The summed E-state index contributed by atoms with van der Waals surface area (Å²) in [6.45, 7) is 0. The lowest BCUT2D eigenvalue weighted by molar-refractivity contribution is -0.138. The summed E-state index contributed by atoms with van der Waals surface area (Å²) in [6, 6.07) is -0.269. The van der Waals surface area contributed by atoms with Crippen molar-refractivity contribution < 1.29 is 14.7 Å². The quantitative estimate of drug-likeness (QED) is 0.599. The van der Waals surface area contributed by atoms with E-state index in [1.54, 1.807) is 0 Å². The molecule has 0 aromatic heterocycles. The molecule has 17 heavy (non-hydrogen) atoms. The highest BCUT2D eigenvalue weighted by molar-refractivity contribution is 5.82. The van der Waals surface area contributed by atoms with Crippen molar-refractivity contribution >= 4 is 11.9 Å². The first-order chi connectivity index (χ1) is 8.06. The summed E-state index contributed by atoms with van der Waals surface area (Å²) in [6.07, 6.45) is 6.30. The molecule has 0 aromatic rings. The fraction of sp³-hybridized carbons (Fsp3) is 0.667. The van der Waals surface area contributed by atoms with Crippen LogP contribution in [0.4, 0.5) is 0 Å². The Morgan fingerprint density at radius 3 is 2.59 bits per heavy atom. The van der Waals surface area contributed by atoms with Crippen LogP contribution in [-0.4, -0.2) is 29.1 Å². The molecule has 0 bridgehead atoms. The van der Waals surface area contributed by atoms with Gasteiger partial charge in [-0.1, -0.05) is 12.2 Å². The van der Waals surface area contributed by atoms with Crippen LogP contribution in [-0.2, 0) is 9.59 Å². The zero-order chi connectivity index (χ0) is 12.4. The average Bonchev–Trinajstić information content (AvgIpc) is 2.99. The van der Waals surface area contributed by atoms with Crippen molar-refractivity contribution in [3.05, 3.63) is 12.2 Å². The van der Waals surface area contributed by atoms with E-state index >= 15 is 0 Å². The molecule has 0 saturated heterocycles. The summed E-state index contributed by atoms with van der Waals surface area (Å²) >= 11 is 0. The van der Waals surface area contributed by atoms with Crippen LogP contribution >= 0.6 is 0 Å². The molecular formula is C12H18N2O3. The van der Waals surface area contributed by atoms with E-state index in [1.165, 1.54) is 0 Å². The highest BCUT2D eigenvalue weighted by Gasteiger charge is 2.35. The van der Waals surface area contributed by atoms with Crippen molar-refractivity contribution in [2.24, 2.45) is 17.6 Å². The summed E-state index contributed by atoms with van der Waals surface area (Å²) in [5.41, 5.74) is 5.69. The molecule has 2 rings (SSSR count). The summed E-state index contributed by atoms with van der Waals surface area (Å²) in [4.78, 5) is 22.6. The van der Waals surface area contributed by atoms with E-state index in [4.69, 9.17) is 10.8 Å². The van der Waals surface area contributed by atoms with E-state index < -0.39 is 5.97 Å². The number of nitrogens with one attached hydrogen (secondary N) is 1. The van der Waals surface area contributed by atoms with Crippen molar-refractivity contribution in [2.45, 2.75) is 37.8 Å². The molecular weight excluding hydrogens is 220 g/mol. The van der Waals surface area contributed by atoms with Gasteiger partial charge in [0.2, 0.25) is 5.91 Å². The molecule has 1 saturated carbocycles. The molecule has 0 aliphatic heterocycles. The van der Waals surface area contributed by atoms with Crippen LogP contribution in [0.25, 0.3) is 0 Å². The molecule has 3 unspecified atom stereocenters. The molecule has 0 radical (unpaired) electrons. The maximum atomic E-state index is 11.9. The predicted molar refractivity (Wildman–Crippen MR) is 62.1 cm³/mol. The fourth-order valence-corrected chi connectivity index (χ4v) is 2.23. The maximum Gasteiger partial charge on any atom is 0.305 e. The van der Waals surface area contributed by atoms with Gasteiger partial charge in [0.25, 0.3) is 0 Å². The minimum absolute atomic E-state index is 0.0128. The first-order valence-corrected chi connectivity index (χ1v) is 6.02. The van der Waals surface area contributed by atoms with E-state index in [0.717, 1.165) is 12.8 Å². The summed E-state index contributed by atoms with van der Waals surface area (Å²) in [7, 11) is 0. The second-order valence-electron chi connectivity index (χ2n) is 4.94.